The number of piperidine rings is 1. The number of hydrogen-bond donors (Lipinski definition) is 2. The summed E-state index contributed by atoms with van der Waals surface area (Å²) in [5, 5.41) is 3.62. The Labute approximate surface area is 209 Å². The first kappa shape index (κ1) is 24.1. The van der Waals surface area contributed by atoms with Crippen molar-refractivity contribution >= 4 is 26.7 Å². The third kappa shape index (κ3) is 5.05. The number of nitrogens with one attached hydrogen (secondary N) is 2. The number of ether oxygens (including phenoxy) is 1. The highest BCUT2D eigenvalue weighted by atomic mass is 32.2. The highest BCUT2D eigenvalue weighted by molar-refractivity contribution is 7.93. The number of anilines is 1. The Hall–Kier alpha value is -2.56. The van der Waals surface area contributed by atoms with Gasteiger partial charge in [-0.3, -0.25) is 4.72 Å². The van der Waals surface area contributed by atoms with Crippen LogP contribution in [0.1, 0.15) is 67.2 Å². The summed E-state index contributed by atoms with van der Waals surface area (Å²) in [5.41, 5.74) is 3.51. The van der Waals surface area contributed by atoms with Gasteiger partial charge in [0.05, 0.1) is 4.90 Å². The van der Waals surface area contributed by atoms with Gasteiger partial charge < -0.3 is 10.1 Å². The molecule has 0 unspecified atom stereocenters. The Balaban J connectivity index is 1.56. The van der Waals surface area contributed by atoms with E-state index in [4.69, 9.17) is 4.74 Å². The van der Waals surface area contributed by atoms with Crippen molar-refractivity contribution in [2.45, 2.75) is 62.1 Å². The number of benzene rings is 2. The van der Waals surface area contributed by atoms with Gasteiger partial charge in [0, 0.05) is 29.1 Å². The van der Waals surface area contributed by atoms with E-state index in [0.29, 0.717) is 17.2 Å². The van der Waals surface area contributed by atoms with E-state index in [9.17, 15) is 12.8 Å². The molecule has 0 saturated carbocycles. The fraction of sp³-hybridized carbons (Fsp3) is 0.440. The van der Waals surface area contributed by atoms with Gasteiger partial charge in [0.2, 0.25) is 5.13 Å². The normalized spacial score (nSPS) is 20.1. The van der Waals surface area contributed by atoms with E-state index in [0.717, 1.165) is 49.4 Å². The SMILES string of the molecule is CC1(C)C[C@H](c2ccc(CF)cc2C2CCNCC2)c2ccc(S(=O)(=O)Nc3ncns3)cc2O1. The van der Waals surface area contributed by atoms with Gasteiger partial charge in [-0.2, -0.15) is 4.37 Å². The molecule has 1 fully saturated rings. The van der Waals surface area contributed by atoms with Gasteiger partial charge >= 0.3 is 0 Å². The summed E-state index contributed by atoms with van der Waals surface area (Å²) in [5.74, 6) is 0.931. The Bertz CT molecular complexity index is 1310. The molecule has 2 aromatic carbocycles. The predicted octanol–water partition coefficient (Wildman–Crippen LogP) is 4.97. The molecule has 7 nitrogen and oxygen atoms in total. The Morgan fingerprint density at radius 3 is 2.63 bits per heavy atom. The van der Waals surface area contributed by atoms with E-state index in [-0.39, 0.29) is 15.9 Å². The van der Waals surface area contributed by atoms with Crippen LogP contribution in [0, 0.1) is 0 Å². The molecule has 2 aliphatic heterocycles. The van der Waals surface area contributed by atoms with Crippen molar-refractivity contribution in [1.29, 1.82) is 0 Å². The molecule has 1 atom stereocenters. The lowest BCUT2D eigenvalue weighted by molar-refractivity contribution is 0.0769. The van der Waals surface area contributed by atoms with Crippen LogP contribution in [-0.2, 0) is 16.7 Å². The van der Waals surface area contributed by atoms with Crippen molar-refractivity contribution in [3.63, 3.8) is 0 Å². The van der Waals surface area contributed by atoms with Gasteiger partial charge in [0.1, 0.15) is 24.4 Å². The van der Waals surface area contributed by atoms with Gasteiger partial charge in [-0.1, -0.05) is 24.3 Å². The van der Waals surface area contributed by atoms with Crippen LogP contribution in [0.2, 0.25) is 0 Å². The molecule has 0 spiro atoms. The molecule has 0 amide bonds. The second-order valence-electron chi connectivity index (χ2n) is 9.79. The van der Waals surface area contributed by atoms with Gasteiger partial charge in [-0.25, -0.2) is 17.8 Å². The molecule has 0 bridgehead atoms. The highest BCUT2D eigenvalue weighted by Crippen LogP contribution is 2.47. The second-order valence-corrected chi connectivity index (χ2v) is 12.3. The number of sulfonamides is 1. The molecule has 10 heteroatoms. The Morgan fingerprint density at radius 1 is 1.14 bits per heavy atom. The molecule has 1 saturated heterocycles. The van der Waals surface area contributed by atoms with Crippen LogP contribution in [0.15, 0.2) is 47.6 Å². The lowest BCUT2D eigenvalue weighted by Crippen LogP contribution is -2.36. The van der Waals surface area contributed by atoms with E-state index in [1.54, 1.807) is 12.1 Å². The van der Waals surface area contributed by atoms with Crippen molar-refractivity contribution in [2.24, 2.45) is 0 Å². The van der Waals surface area contributed by atoms with Gasteiger partial charge in [-0.15, -0.1) is 0 Å². The maximum atomic E-state index is 13.6. The van der Waals surface area contributed by atoms with Crippen molar-refractivity contribution in [3.8, 4) is 5.75 Å². The van der Waals surface area contributed by atoms with Crippen LogP contribution < -0.4 is 14.8 Å². The second kappa shape index (κ2) is 9.48. The molecule has 2 N–H and O–H groups in total. The lowest BCUT2D eigenvalue weighted by Gasteiger charge is -2.39. The molecule has 3 aromatic rings. The van der Waals surface area contributed by atoms with Crippen LogP contribution in [0.5, 0.6) is 5.75 Å². The topological polar surface area (TPSA) is 93.2 Å². The molecule has 186 valence electrons. The van der Waals surface area contributed by atoms with Crippen molar-refractivity contribution in [1.82, 2.24) is 14.7 Å². The zero-order chi connectivity index (χ0) is 24.6. The summed E-state index contributed by atoms with van der Waals surface area (Å²) in [7, 11) is -3.84. The minimum Gasteiger partial charge on any atom is -0.487 e. The van der Waals surface area contributed by atoms with E-state index in [1.165, 1.54) is 17.5 Å². The predicted molar refractivity (Wildman–Crippen MR) is 134 cm³/mol. The summed E-state index contributed by atoms with van der Waals surface area (Å²) in [6, 6.07) is 11.0. The monoisotopic (exact) mass is 516 g/mol. The molecule has 0 radical (unpaired) electrons. The van der Waals surface area contributed by atoms with Crippen LogP contribution in [-0.4, -0.2) is 36.5 Å². The fourth-order valence-electron chi connectivity index (χ4n) is 5.18. The number of alkyl halides is 1. The number of rotatable bonds is 6. The maximum absolute atomic E-state index is 13.6. The van der Waals surface area contributed by atoms with E-state index in [1.807, 2.05) is 32.0 Å². The van der Waals surface area contributed by atoms with Crippen molar-refractivity contribution < 1.29 is 17.5 Å². The van der Waals surface area contributed by atoms with Crippen LogP contribution in [0.3, 0.4) is 0 Å². The zero-order valence-electron chi connectivity index (χ0n) is 19.8. The third-order valence-electron chi connectivity index (χ3n) is 6.80. The molecule has 1 aromatic heterocycles. The number of hydrogen-bond acceptors (Lipinski definition) is 7. The average Bonchev–Trinajstić information content (AvgIpc) is 3.35. The fourth-order valence-corrected chi connectivity index (χ4v) is 6.86. The van der Waals surface area contributed by atoms with Gasteiger partial charge in [-0.05, 0) is 74.9 Å². The van der Waals surface area contributed by atoms with Crippen molar-refractivity contribution in [2.75, 3.05) is 17.8 Å². The van der Waals surface area contributed by atoms with Gasteiger partial charge in [0.25, 0.3) is 10.0 Å². The molecule has 2 aliphatic rings. The minimum atomic E-state index is -3.84. The Morgan fingerprint density at radius 2 is 1.91 bits per heavy atom. The van der Waals surface area contributed by atoms with E-state index in [2.05, 4.69) is 25.5 Å². The number of halogens is 1. The zero-order valence-corrected chi connectivity index (χ0v) is 21.4. The van der Waals surface area contributed by atoms with Gasteiger partial charge in [0.15, 0.2) is 0 Å². The number of fused-ring (bicyclic) bond motifs is 1. The van der Waals surface area contributed by atoms with Crippen molar-refractivity contribution in [3.05, 3.63) is 65.0 Å². The molecule has 3 heterocycles. The Kier molecular flexibility index (Phi) is 6.54. The quantitative estimate of drug-likeness (QED) is 0.481. The van der Waals surface area contributed by atoms with Crippen LogP contribution in [0.4, 0.5) is 9.52 Å². The first-order valence-electron chi connectivity index (χ1n) is 11.8. The van der Waals surface area contributed by atoms with Crippen LogP contribution >= 0.6 is 11.5 Å². The standard InChI is InChI=1S/C25H29FN4O3S2/c1-25(2)13-22(19-5-3-16(14-26)11-21(19)17-7-9-27-10-8-17)20-6-4-18(12-23(20)33-25)35(31,32)30-24-28-15-29-34-24/h3-6,11-12,15,17,22,27H,7-10,13-14H2,1-2H3,(H,28,29,30)/t22-/m1/s1. The number of aromatic nitrogens is 2. The molecular weight excluding hydrogens is 487 g/mol. The van der Waals surface area contributed by atoms with E-state index < -0.39 is 22.3 Å². The first-order valence-corrected chi connectivity index (χ1v) is 14.0. The summed E-state index contributed by atoms with van der Waals surface area (Å²) in [6.45, 7) is 5.44. The molecular formula is C25H29FN4O3S2. The molecule has 5 rings (SSSR count). The van der Waals surface area contributed by atoms with E-state index >= 15 is 0 Å². The maximum Gasteiger partial charge on any atom is 0.263 e. The summed E-state index contributed by atoms with van der Waals surface area (Å²) >= 11 is 0.975. The summed E-state index contributed by atoms with van der Waals surface area (Å²) in [6.07, 6.45) is 4.06. The summed E-state index contributed by atoms with van der Waals surface area (Å²) in [4.78, 5) is 4.02. The highest BCUT2D eigenvalue weighted by Gasteiger charge is 2.37. The first-order chi connectivity index (χ1) is 16.8. The third-order valence-corrected chi connectivity index (χ3v) is 8.84. The average molecular weight is 517 g/mol. The summed E-state index contributed by atoms with van der Waals surface area (Å²) < 4.78 is 52.1. The molecule has 35 heavy (non-hydrogen) atoms. The largest absolute Gasteiger partial charge is 0.487 e. The molecule has 0 aliphatic carbocycles. The number of nitrogens with zero attached hydrogens (tertiary/aromatic N) is 2. The lowest BCUT2D eigenvalue weighted by atomic mass is 9.75. The van der Waals surface area contributed by atoms with Crippen LogP contribution in [0.25, 0.3) is 0 Å². The smallest absolute Gasteiger partial charge is 0.263 e. The minimum absolute atomic E-state index is 0.0140.